The van der Waals surface area contributed by atoms with Crippen LogP contribution in [0, 0.1) is 29.6 Å². The molecule has 0 aliphatic carbocycles. The van der Waals surface area contributed by atoms with Gasteiger partial charge < -0.3 is 35.3 Å². The molecule has 1 aromatic heterocycles. The van der Waals surface area contributed by atoms with Crippen molar-refractivity contribution in [2.45, 2.75) is 77.8 Å². The van der Waals surface area contributed by atoms with Crippen LogP contribution in [-0.4, -0.2) is 93.2 Å². The number of hydrogen-bond acceptors (Lipinski definition) is 12. The van der Waals surface area contributed by atoms with Gasteiger partial charge in [-0.1, -0.05) is 13.8 Å². The molecular formula is C35H50N4O13S. The largest absolute Gasteiger partial charge is 0.481 e. The number of carbonyl (C=O) groups is 6. The van der Waals surface area contributed by atoms with Crippen LogP contribution in [0.15, 0.2) is 43.0 Å². The number of aliphatic hydroxyl groups excluding tert-OH is 1. The van der Waals surface area contributed by atoms with E-state index in [1.54, 1.807) is 24.6 Å². The lowest BCUT2D eigenvalue weighted by atomic mass is 9.79. The normalized spacial score (nSPS) is 15.2. The van der Waals surface area contributed by atoms with Gasteiger partial charge in [0.05, 0.1) is 42.0 Å². The zero-order chi connectivity index (χ0) is 39.9. The van der Waals surface area contributed by atoms with E-state index in [1.807, 2.05) is 0 Å². The fraction of sp³-hybridized carbons (Fsp3) is 0.571. The lowest BCUT2D eigenvalue weighted by Gasteiger charge is -2.32. The molecule has 0 fully saturated rings. The molecule has 0 spiro atoms. The third-order valence-corrected chi connectivity index (χ3v) is 9.85. The maximum atomic E-state index is 14.1. The molecule has 0 saturated carbocycles. The molecule has 2 amide bonds. The number of aldehydes is 1. The van der Waals surface area contributed by atoms with Gasteiger partial charge in [-0.3, -0.25) is 33.3 Å². The number of ether oxygens (including phenoxy) is 2. The van der Waals surface area contributed by atoms with Crippen LogP contribution in [0.4, 0.5) is 0 Å². The van der Waals surface area contributed by atoms with Crippen molar-refractivity contribution >= 4 is 46.1 Å². The number of carboxylic acids is 1. The number of imidazole rings is 1. The number of rotatable bonds is 24. The second-order valence-corrected chi connectivity index (χ2v) is 15.2. The Kier molecular flexibility index (Phi) is 17.2. The van der Waals surface area contributed by atoms with Gasteiger partial charge >= 0.3 is 17.9 Å². The van der Waals surface area contributed by atoms with Gasteiger partial charge in [0.2, 0.25) is 11.8 Å². The summed E-state index contributed by atoms with van der Waals surface area (Å²) < 4.78 is 45.4. The first-order valence-corrected chi connectivity index (χ1v) is 18.7. The van der Waals surface area contributed by atoms with Crippen molar-refractivity contribution in [1.82, 2.24) is 14.9 Å². The van der Waals surface area contributed by atoms with Crippen LogP contribution in [0.25, 0.3) is 0 Å². The Hall–Kier alpha value is -4.68. The molecule has 6 atom stereocenters. The van der Waals surface area contributed by atoms with Gasteiger partial charge in [0.1, 0.15) is 18.6 Å². The summed E-state index contributed by atoms with van der Waals surface area (Å²) in [6.07, 6.45) is 4.50. The average Bonchev–Trinajstić information content (AvgIpc) is 3.61. The van der Waals surface area contributed by atoms with Gasteiger partial charge in [-0.05, 0) is 76.6 Å². The Bertz CT molecular complexity index is 1650. The van der Waals surface area contributed by atoms with Crippen molar-refractivity contribution in [2.24, 2.45) is 35.3 Å². The third kappa shape index (κ3) is 15.4. The number of aliphatic hydroxyl groups is 1. The molecule has 0 radical (unpaired) electrons. The smallest absolute Gasteiger partial charge is 0.314 e. The molecule has 2 aromatic rings. The highest BCUT2D eigenvalue weighted by Crippen LogP contribution is 2.34. The Morgan fingerprint density at radius 2 is 1.60 bits per heavy atom. The summed E-state index contributed by atoms with van der Waals surface area (Å²) in [7, 11) is -4.56. The fourth-order valence-corrected chi connectivity index (χ4v) is 7.08. The van der Waals surface area contributed by atoms with E-state index in [2.05, 4.69) is 10.3 Å². The summed E-state index contributed by atoms with van der Waals surface area (Å²) in [6.45, 7) is 5.04. The molecule has 18 heteroatoms. The maximum absolute atomic E-state index is 14.1. The number of aromatic nitrogens is 2. The molecule has 6 unspecified atom stereocenters. The number of amides is 2. The van der Waals surface area contributed by atoms with Crippen LogP contribution in [0.3, 0.4) is 0 Å². The molecule has 0 bridgehead atoms. The summed E-state index contributed by atoms with van der Waals surface area (Å²) in [5.74, 6) is -10.3. The number of nitrogens with zero attached hydrogens (tertiary/aromatic N) is 2. The first-order valence-electron chi connectivity index (χ1n) is 17.1. The highest BCUT2D eigenvalue weighted by molar-refractivity contribution is 7.85. The molecular weight excluding hydrogens is 716 g/mol. The molecule has 1 aromatic carbocycles. The topological polar surface area (TPSA) is 272 Å². The number of carbonyl (C=O) groups excluding carboxylic acids is 5. The Balaban J connectivity index is 2.53. The zero-order valence-corrected chi connectivity index (χ0v) is 31.1. The maximum Gasteiger partial charge on any atom is 0.314 e. The van der Waals surface area contributed by atoms with E-state index < -0.39 is 100.0 Å². The second-order valence-electron chi connectivity index (χ2n) is 13.8. The number of benzene rings is 1. The summed E-state index contributed by atoms with van der Waals surface area (Å²) in [6, 6.07) is 5.22. The third-order valence-electron chi connectivity index (χ3n) is 8.76. The molecule has 6 N–H and O–H groups in total. The number of hydrogen-bond donors (Lipinski definition) is 5. The predicted molar refractivity (Wildman–Crippen MR) is 189 cm³/mol. The molecule has 53 heavy (non-hydrogen) atoms. The molecule has 0 aliphatic heterocycles. The number of nitrogens with two attached hydrogens (primary N) is 1. The number of aliphatic carboxylic acids is 1. The van der Waals surface area contributed by atoms with Crippen LogP contribution in [0.5, 0.6) is 5.75 Å². The van der Waals surface area contributed by atoms with Gasteiger partial charge in [-0.25, -0.2) is 4.98 Å². The van der Waals surface area contributed by atoms with Gasteiger partial charge in [-0.2, -0.15) is 8.42 Å². The Morgan fingerprint density at radius 1 is 0.981 bits per heavy atom. The first-order chi connectivity index (χ1) is 24.8. The van der Waals surface area contributed by atoms with E-state index in [4.69, 9.17) is 15.2 Å². The average molecular weight is 767 g/mol. The van der Waals surface area contributed by atoms with E-state index in [0.717, 1.165) is 0 Å². The Morgan fingerprint density at radius 3 is 2.11 bits per heavy atom. The van der Waals surface area contributed by atoms with Gasteiger partial charge in [-0.15, -0.1) is 0 Å². The fourth-order valence-electron chi connectivity index (χ4n) is 6.09. The second kappa shape index (κ2) is 20.5. The van der Waals surface area contributed by atoms with E-state index in [9.17, 15) is 52.0 Å². The van der Waals surface area contributed by atoms with Crippen LogP contribution in [0.2, 0.25) is 0 Å². The molecule has 1 heterocycles. The summed E-state index contributed by atoms with van der Waals surface area (Å²) in [4.78, 5) is 80.1. The number of nitrogens with one attached hydrogen (secondary N) is 1. The summed E-state index contributed by atoms with van der Waals surface area (Å²) in [5, 5.41) is 22.0. The highest BCUT2D eigenvalue weighted by atomic mass is 32.2. The van der Waals surface area contributed by atoms with Crippen molar-refractivity contribution in [1.29, 1.82) is 0 Å². The first kappa shape index (κ1) is 44.5. The minimum Gasteiger partial charge on any atom is -0.481 e. The van der Waals surface area contributed by atoms with E-state index in [0.29, 0.717) is 11.8 Å². The van der Waals surface area contributed by atoms with Gasteiger partial charge in [0.25, 0.3) is 10.1 Å². The van der Waals surface area contributed by atoms with Crippen LogP contribution < -0.4 is 15.8 Å². The molecule has 2 rings (SSSR count). The summed E-state index contributed by atoms with van der Waals surface area (Å²) >= 11 is 0. The van der Waals surface area contributed by atoms with Gasteiger partial charge in [0.15, 0.2) is 0 Å². The molecule has 0 aliphatic rings. The minimum absolute atomic E-state index is 0.0774. The quantitative estimate of drug-likeness (QED) is 0.0444. The standard InChI is InChI=1S/C35H50N4O13S/c1-5-24(30(36)42)15-26(32(44)45)17-27(34(47)51-13-12-40)16-25(31(43)38-35(3,4)20-53(48,49)50)18-28(39-11-10-37-21-39)14-22(2)33(46)52-29-8-6-23(19-41)7-9-29/h6-11,19,21-22,24-28,40H,5,12-18,20H2,1-4H3,(H2,36,42)(H,38,43)(H,44,45)(H,48,49,50). The van der Waals surface area contributed by atoms with E-state index in [-0.39, 0.29) is 44.3 Å². The van der Waals surface area contributed by atoms with Crippen molar-refractivity contribution in [3.63, 3.8) is 0 Å². The predicted octanol–water partition coefficient (Wildman–Crippen LogP) is 2.19. The number of primary amides is 1. The van der Waals surface area contributed by atoms with Crippen molar-refractivity contribution < 1.29 is 61.4 Å². The number of carboxylic acid groups (broad SMARTS) is 1. The molecule has 17 nitrogen and oxygen atoms in total. The lowest BCUT2D eigenvalue weighted by molar-refractivity contribution is -0.152. The molecule has 0 saturated heterocycles. The lowest BCUT2D eigenvalue weighted by Crippen LogP contribution is -2.51. The monoisotopic (exact) mass is 766 g/mol. The summed E-state index contributed by atoms with van der Waals surface area (Å²) in [5.41, 5.74) is 4.35. The van der Waals surface area contributed by atoms with Crippen molar-refractivity contribution in [3.8, 4) is 5.75 Å². The highest BCUT2D eigenvalue weighted by Gasteiger charge is 2.38. The zero-order valence-electron chi connectivity index (χ0n) is 30.3. The minimum atomic E-state index is -4.56. The van der Waals surface area contributed by atoms with Gasteiger partial charge in [0, 0.05) is 35.8 Å². The van der Waals surface area contributed by atoms with Crippen LogP contribution in [0.1, 0.15) is 82.6 Å². The van der Waals surface area contributed by atoms with E-state index >= 15 is 0 Å². The van der Waals surface area contributed by atoms with E-state index in [1.165, 1.54) is 50.6 Å². The van der Waals surface area contributed by atoms with Crippen molar-refractivity contribution in [3.05, 3.63) is 48.5 Å². The number of esters is 2. The van der Waals surface area contributed by atoms with Crippen molar-refractivity contribution in [2.75, 3.05) is 19.0 Å². The Labute approximate surface area is 308 Å². The van der Waals surface area contributed by atoms with Crippen LogP contribution >= 0.6 is 0 Å². The van der Waals surface area contributed by atoms with Crippen LogP contribution in [-0.2, 0) is 38.8 Å². The molecule has 294 valence electrons. The SMILES string of the molecule is CCC(CC(CC(CC(CC(CC(C)C(=O)Oc1ccc(C=O)cc1)n1ccnc1)C(=O)NC(C)(C)CS(=O)(=O)O)C(=O)OCCO)C(=O)O)C(N)=O.